The molecule has 0 aromatic heterocycles. The van der Waals surface area contributed by atoms with Gasteiger partial charge >= 0.3 is 0 Å². The highest BCUT2D eigenvalue weighted by Crippen LogP contribution is 2.23. The van der Waals surface area contributed by atoms with Crippen LogP contribution in [0.5, 0.6) is 5.75 Å². The van der Waals surface area contributed by atoms with Crippen LogP contribution in [0.2, 0.25) is 10.0 Å². The lowest BCUT2D eigenvalue weighted by atomic mass is 10.1. The Hall–Kier alpha value is -1.71. The molecule has 29 heavy (non-hydrogen) atoms. The number of aryl methyl sites for hydroxylation is 1. The summed E-state index contributed by atoms with van der Waals surface area (Å²) in [5.41, 5.74) is 3.55. The lowest BCUT2D eigenvalue weighted by molar-refractivity contribution is 0.306. The Morgan fingerprint density at radius 2 is 1.62 bits per heavy atom. The van der Waals surface area contributed by atoms with Crippen LogP contribution in [0.3, 0.4) is 0 Å². The van der Waals surface area contributed by atoms with E-state index in [1.54, 1.807) is 6.07 Å². The van der Waals surface area contributed by atoms with Gasteiger partial charge in [0.15, 0.2) is 0 Å². The summed E-state index contributed by atoms with van der Waals surface area (Å²) in [6, 6.07) is 24.7. The topological polar surface area (TPSA) is 21.3 Å². The zero-order chi connectivity index (χ0) is 19.8. The molecule has 2 nitrogen and oxygen atoms in total. The molecule has 0 bridgehead atoms. The van der Waals surface area contributed by atoms with Crippen molar-refractivity contribution >= 4 is 35.6 Å². The van der Waals surface area contributed by atoms with Gasteiger partial charge in [-0.1, -0.05) is 71.7 Å². The van der Waals surface area contributed by atoms with Crippen molar-refractivity contribution in [1.82, 2.24) is 5.32 Å². The van der Waals surface area contributed by atoms with Crippen LogP contribution in [-0.4, -0.2) is 6.04 Å². The van der Waals surface area contributed by atoms with Gasteiger partial charge in [0.1, 0.15) is 12.4 Å². The van der Waals surface area contributed by atoms with Crippen LogP contribution in [0.25, 0.3) is 0 Å². The second-order valence-electron chi connectivity index (χ2n) is 6.97. The molecule has 0 saturated carbocycles. The van der Waals surface area contributed by atoms with E-state index in [9.17, 15) is 0 Å². The van der Waals surface area contributed by atoms with Crippen LogP contribution in [0, 0.1) is 0 Å². The number of halogens is 3. The average molecular weight is 451 g/mol. The molecule has 5 heteroatoms. The van der Waals surface area contributed by atoms with Crippen molar-refractivity contribution in [3.8, 4) is 5.75 Å². The quantitative estimate of drug-likeness (QED) is 0.375. The molecular formula is C24H26Cl3NO. The first-order valence-corrected chi connectivity index (χ1v) is 10.3. The first kappa shape index (κ1) is 23.6. The molecule has 0 aliphatic carbocycles. The van der Waals surface area contributed by atoms with Crippen molar-refractivity contribution in [2.75, 3.05) is 0 Å². The highest BCUT2D eigenvalue weighted by atomic mass is 35.5. The summed E-state index contributed by atoms with van der Waals surface area (Å²) in [5.74, 6) is 0.826. The van der Waals surface area contributed by atoms with Crippen LogP contribution >= 0.6 is 35.6 Å². The zero-order valence-corrected chi connectivity index (χ0v) is 18.7. The second-order valence-corrected chi connectivity index (χ2v) is 7.82. The van der Waals surface area contributed by atoms with Gasteiger partial charge in [-0.2, -0.15) is 0 Å². The third-order valence-corrected chi connectivity index (χ3v) is 5.28. The van der Waals surface area contributed by atoms with E-state index < -0.39 is 0 Å². The summed E-state index contributed by atoms with van der Waals surface area (Å²) in [5, 5.41) is 4.84. The van der Waals surface area contributed by atoms with Gasteiger partial charge < -0.3 is 10.1 Å². The van der Waals surface area contributed by atoms with Gasteiger partial charge in [0.05, 0.1) is 0 Å². The normalized spacial score (nSPS) is 11.6. The second kappa shape index (κ2) is 12.1. The molecule has 1 N–H and O–H groups in total. The lowest BCUT2D eigenvalue weighted by Crippen LogP contribution is -2.25. The fourth-order valence-electron chi connectivity index (χ4n) is 2.93. The van der Waals surface area contributed by atoms with Gasteiger partial charge in [0.2, 0.25) is 0 Å². The summed E-state index contributed by atoms with van der Waals surface area (Å²) in [6.45, 7) is 3.50. The van der Waals surface area contributed by atoms with E-state index in [1.807, 2.05) is 24.3 Å². The van der Waals surface area contributed by atoms with Crippen LogP contribution in [0.4, 0.5) is 0 Å². The fraction of sp³-hybridized carbons (Fsp3) is 0.250. The maximum Gasteiger partial charge on any atom is 0.119 e. The number of nitrogens with one attached hydrogen (secondary N) is 1. The fourth-order valence-corrected chi connectivity index (χ4v) is 3.39. The van der Waals surface area contributed by atoms with Gasteiger partial charge in [-0.15, -0.1) is 12.4 Å². The largest absolute Gasteiger partial charge is 0.489 e. The molecule has 0 saturated heterocycles. The van der Waals surface area contributed by atoms with Gasteiger partial charge in [0, 0.05) is 28.2 Å². The summed E-state index contributed by atoms with van der Waals surface area (Å²) in [7, 11) is 0. The zero-order valence-electron chi connectivity index (χ0n) is 16.4. The lowest BCUT2D eigenvalue weighted by Gasteiger charge is -2.14. The minimum absolute atomic E-state index is 0. The molecule has 0 fully saturated rings. The predicted molar refractivity (Wildman–Crippen MR) is 126 cm³/mol. The Balaban J connectivity index is 0.00000300. The molecule has 0 heterocycles. The summed E-state index contributed by atoms with van der Waals surface area (Å²) in [6.07, 6.45) is 2.21. The Kier molecular flexibility index (Phi) is 9.83. The molecule has 0 spiro atoms. The van der Waals surface area contributed by atoms with Gasteiger partial charge in [-0.25, -0.2) is 0 Å². The third kappa shape index (κ3) is 7.91. The molecule has 0 amide bonds. The van der Waals surface area contributed by atoms with Crippen LogP contribution in [0.1, 0.15) is 30.0 Å². The van der Waals surface area contributed by atoms with Gasteiger partial charge in [0.25, 0.3) is 0 Å². The highest BCUT2D eigenvalue weighted by molar-refractivity contribution is 6.35. The maximum absolute atomic E-state index is 6.18. The number of hydrogen-bond donors (Lipinski definition) is 1. The molecule has 0 radical (unpaired) electrons. The van der Waals surface area contributed by atoms with Crippen molar-refractivity contribution in [2.24, 2.45) is 0 Å². The van der Waals surface area contributed by atoms with Crippen molar-refractivity contribution in [1.29, 1.82) is 0 Å². The maximum atomic E-state index is 6.18. The minimum atomic E-state index is 0. The molecule has 1 unspecified atom stereocenters. The average Bonchev–Trinajstić information content (AvgIpc) is 2.71. The predicted octanol–water partition coefficient (Wildman–Crippen LogP) is 7.11. The minimum Gasteiger partial charge on any atom is -0.489 e. The highest BCUT2D eigenvalue weighted by Gasteiger charge is 2.05. The Morgan fingerprint density at radius 3 is 2.31 bits per heavy atom. The summed E-state index contributed by atoms with van der Waals surface area (Å²) < 4.78 is 5.83. The first-order chi connectivity index (χ1) is 13.6. The van der Waals surface area contributed by atoms with Crippen LogP contribution < -0.4 is 10.1 Å². The van der Waals surface area contributed by atoms with E-state index in [4.69, 9.17) is 27.9 Å². The number of benzene rings is 3. The van der Waals surface area contributed by atoms with E-state index in [1.165, 1.54) is 11.1 Å². The number of ether oxygens (including phenoxy) is 1. The van der Waals surface area contributed by atoms with Crippen LogP contribution in [-0.2, 0) is 19.6 Å². The van der Waals surface area contributed by atoms with Gasteiger partial charge in [-0.3, -0.25) is 0 Å². The van der Waals surface area contributed by atoms with E-state index >= 15 is 0 Å². The Bertz CT molecular complexity index is 869. The van der Waals surface area contributed by atoms with Crippen LogP contribution in [0.15, 0.2) is 72.8 Å². The van der Waals surface area contributed by atoms with E-state index in [0.717, 1.165) is 30.7 Å². The van der Waals surface area contributed by atoms with E-state index in [0.29, 0.717) is 22.7 Å². The number of hydrogen-bond acceptors (Lipinski definition) is 2. The van der Waals surface area contributed by atoms with Crippen molar-refractivity contribution < 1.29 is 4.74 Å². The smallest absolute Gasteiger partial charge is 0.119 e. The Labute approximate surface area is 189 Å². The Morgan fingerprint density at radius 1 is 0.897 bits per heavy atom. The third-order valence-electron chi connectivity index (χ3n) is 4.70. The monoisotopic (exact) mass is 449 g/mol. The standard InChI is InChI=1S/C24H25Cl2NO.ClH/c1-18(7-8-19-5-3-2-4-6-19)27-16-20-9-13-23(14-10-20)28-17-21-11-12-22(25)15-24(21)26;/h2-6,9-15,18,27H,7-8,16-17H2,1H3;1H. The van der Waals surface area contributed by atoms with E-state index in [2.05, 4.69) is 54.7 Å². The van der Waals surface area contributed by atoms with Crippen molar-refractivity contribution in [3.05, 3.63) is 99.5 Å². The van der Waals surface area contributed by atoms with Crippen molar-refractivity contribution in [2.45, 2.75) is 39.0 Å². The number of rotatable bonds is 9. The molecule has 3 rings (SSSR count). The molecule has 1 atom stereocenters. The van der Waals surface area contributed by atoms with Crippen molar-refractivity contribution in [3.63, 3.8) is 0 Å². The van der Waals surface area contributed by atoms with Gasteiger partial charge in [-0.05, 0) is 55.2 Å². The molecule has 154 valence electrons. The summed E-state index contributed by atoms with van der Waals surface area (Å²) in [4.78, 5) is 0. The van der Waals surface area contributed by atoms with E-state index in [-0.39, 0.29) is 12.4 Å². The SMILES string of the molecule is CC(CCc1ccccc1)NCc1ccc(OCc2ccc(Cl)cc2Cl)cc1.Cl. The molecule has 0 aliphatic rings. The summed E-state index contributed by atoms with van der Waals surface area (Å²) >= 11 is 12.1. The molecule has 3 aromatic rings. The molecule has 0 aliphatic heterocycles. The first-order valence-electron chi connectivity index (χ1n) is 9.53. The molecule has 3 aromatic carbocycles. The molecular weight excluding hydrogens is 425 g/mol.